The first-order valence-corrected chi connectivity index (χ1v) is 6.54. The minimum atomic E-state index is -2.99. The first-order chi connectivity index (χ1) is 7.14. The molecule has 0 radical (unpaired) electrons. The topological polar surface area (TPSA) is 46.2 Å². The first kappa shape index (κ1) is 11.8. The standard InChI is InChI=1S/C11H15NO2S/c1-2-15(13,14)10-6-9-12-11-7-4-3-5-8-11/h3-8,10,12H,2,9H2,1H3. The molecule has 1 N–H and O–H groups in total. The Hall–Kier alpha value is -1.29. The Morgan fingerprint density at radius 1 is 1.27 bits per heavy atom. The van der Waals surface area contributed by atoms with Gasteiger partial charge in [0.05, 0.1) is 5.75 Å². The van der Waals surface area contributed by atoms with E-state index in [1.165, 1.54) is 5.41 Å². The van der Waals surface area contributed by atoms with Crippen LogP contribution in [-0.4, -0.2) is 20.7 Å². The summed E-state index contributed by atoms with van der Waals surface area (Å²) in [7, 11) is -2.99. The second-order valence-corrected chi connectivity index (χ2v) is 5.25. The molecule has 0 spiro atoms. The van der Waals surface area contributed by atoms with Crippen molar-refractivity contribution < 1.29 is 8.42 Å². The van der Waals surface area contributed by atoms with Gasteiger partial charge in [0.25, 0.3) is 0 Å². The molecule has 4 heteroatoms. The molecule has 1 aromatic rings. The summed E-state index contributed by atoms with van der Waals surface area (Å²) in [4.78, 5) is 0. The van der Waals surface area contributed by atoms with Crippen molar-refractivity contribution in [2.24, 2.45) is 0 Å². The molecule has 0 aliphatic heterocycles. The van der Waals surface area contributed by atoms with E-state index in [0.29, 0.717) is 6.54 Å². The van der Waals surface area contributed by atoms with Crippen molar-refractivity contribution in [1.29, 1.82) is 0 Å². The highest BCUT2D eigenvalue weighted by molar-refractivity contribution is 7.94. The molecule has 15 heavy (non-hydrogen) atoms. The van der Waals surface area contributed by atoms with Gasteiger partial charge in [-0.3, -0.25) is 0 Å². The number of nitrogens with one attached hydrogen (secondary N) is 1. The number of hydrogen-bond donors (Lipinski definition) is 1. The Balaban J connectivity index is 2.41. The summed E-state index contributed by atoms with van der Waals surface area (Å²) in [5, 5.41) is 4.34. The molecule has 1 rings (SSSR count). The lowest BCUT2D eigenvalue weighted by Crippen LogP contribution is -2.01. The molecule has 0 fully saturated rings. The van der Waals surface area contributed by atoms with Gasteiger partial charge in [0.15, 0.2) is 9.84 Å². The maximum atomic E-state index is 11.1. The minimum absolute atomic E-state index is 0.148. The van der Waals surface area contributed by atoms with Crippen molar-refractivity contribution in [3.05, 3.63) is 41.8 Å². The van der Waals surface area contributed by atoms with Crippen LogP contribution >= 0.6 is 0 Å². The molecule has 0 saturated heterocycles. The van der Waals surface area contributed by atoms with Crippen LogP contribution in [0.1, 0.15) is 6.92 Å². The van der Waals surface area contributed by atoms with Crippen LogP contribution in [0.5, 0.6) is 0 Å². The van der Waals surface area contributed by atoms with Gasteiger partial charge in [-0.05, 0) is 12.1 Å². The average molecular weight is 225 g/mol. The minimum Gasteiger partial charge on any atom is -0.382 e. The Labute approximate surface area is 90.7 Å². The van der Waals surface area contributed by atoms with E-state index < -0.39 is 9.84 Å². The van der Waals surface area contributed by atoms with Crippen molar-refractivity contribution in [3.8, 4) is 0 Å². The van der Waals surface area contributed by atoms with Gasteiger partial charge in [-0.2, -0.15) is 0 Å². The monoisotopic (exact) mass is 225 g/mol. The van der Waals surface area contributed by atoms with E-state index in [9.17, 15) is 8.42 Å². The third kappa shape index (κ3) is 4.65. The van der Waals surface area contributed by atoms with Crippen LogP contribution in [0.15, 0.2) is 41.8 Å². The number of benzene rings is 1. The largest absolute Gasteiger partial charge is 0.382 e. The van der Waals surface area contributed by atoms with Crippen molar-refractivity contribution in [1.82, 2.24) is 0 Å². The smallest absolute Gasteiger partial charge is 0.171 e. The molecule has 82 valence electrons. The number of sulfone groups is 1. The van der Waals surface area contributed by atoms with Crippen molar-refractivity contribution >= 4 is 15.5 Å². The second kappa shape index (κ2) is 5.56. The molecule has 0 aromatic heterocycles. The number of rotatable bonds is 5. The lowest BCUT2D eigenvalue weighted by atomic mass is 10.3. The molecule has 0 saturated carbocycles. The van der Waals surface area contributed by atoms with Gasteiger partial charge in [-0.15, -0.1) is 0 Å². The van der Waals surface area contributed by atoms with E-state index in [1.807, 2.05) is 30.3 Å². The number of para-hydroxylation sites is 1. The molecule has 0 atom stereocenters. The highest BCUT2D eigenvalue weighted by atomic mass is 32.2. The predicted molar refractivity (Wildman–Crippen MR) is 63.5 cm³/mol. The predicted octanol–water partition coefficient (Wildman–Crippen LogP) is 2.05. The third-order valence-corrected chi connectivity index (χ3v) is 3.32. The Morgan fingerprint density at radius 2 is 1.93 bits per heavy atom. The Morgan fingerprint density at radius 3 is 2.53 bits per heavy atom. The molecule has 0 heterocycles. The lowest BCUT2D eigenvalue weighted by Gasteiger charge is -2.01. The Bertz CT molecular complexity index is 409. The van der Waals surface area contributed by atoms with Crippen molar-refractivity contribution in [3.63, 3.8) is 0 Å². The maximum Gasteiger partial charge on any atom is 0.171 e. The zero-order valence-electron chi connectivity index (χ0n) is 8.68. The highest BCUT2D eigenvalue weighted by Gasteiger charge is 1.98. The first-order valence-electron chi connectivity index (χ1n) is 4.82. The van der Waals surface area contributed by atoms with E-state index in [4.69, 9.17) is 0 Å². The van der Waals surface area contributed by atoms with E-state index in [0.717, 1.165) is 5.69 Å². The molecular weight excluding hydrogens is 210 g/mol. The maximum absolute atomic E-state index is 11.1. The van der Waals surface area contributed by atoms with Gasteiger partial charge in [0, 0.05) is 17.6 Å². The summed E-state index contributed by atoms with van der Waals surface area (Å²) < 4.78 is 22.2. The summed E-state index contributed by atoms with van der Waals surface area (Å²) in [5.74, 6) is 0.148. The fourth-order valence-corrected chi connectivity index (χ4v) is 1.61. The van der Waals surface area contributed by atoms with Gasteiger partial charge in [-0.25, -0.2) is 8.42 Å². The highest BCUT2D eigenvalue weighted by Crippen LogP contribution is 2.04. The van der Waals surface area contributed by atoms with Crippen LogP contribution in [0, 0.1) is 0 Å². The average Bonchev–Trinajstić information content (AvgIpc) is 2.26. The van der Waals surface area contributed by atoms with Crippen LogP contribution in [0.25, 0.3) is 0 Å². The Kier molecular flexibility index (Phi) is 4.37. The number of anilines is 1. The fourth-order valence-electron chi connectivity index (χ4n) is 1.02. The van der Waals surface area contributed by atoms with Crippen LogP contribution in [0.3, 0.4) is 0 Å². The van der Waals surface area contributed by atoms with E-state index in [2.05, 4.69) is 5.32 Å². The molecule has 1 aromatic carbocycles. The summed E-state index contributed by atoms with van der Waals surface area (Å²) in [6, 6.07) is 9.65. The van der Waals surface area contributed by atoms with Crippen molar-refractivity contribution in [2.75, 3.05) is 17.6 Å². The zero-order chi connectivity index (χ0) is 11.1. The number of hydrogen-bond acceptors (Lipinski definition) is 3. The third-order valence-electron chi connectivity index (χ3n) is 1.90. The summed E-state index contributed by atoms with van der Waals surface area (Å²) in [6.07, 6.45) is 1.62. The zero-order valence-corrected chi connectivity index (χ0v) is 9.50. The summed E-state index contributed by atoms with van der Waals surface area (Å²) >= 11 is 0. The molecule has 0 unspecified atom stereocenters. The van der Waals surface area contributed by atoms with Crippen LogP contribution in [0.4, 0.5) is 5.69 Å². The van der Waals surface area contributed by atoms with E-state index in [-0.39, 0.29) is 5.75 Å². The van der Waals surface area contributed by atoms with Crippen molar-refractivity contribution in [2.45, 2.75) is 6.92 Å². The molecule has 0 bridgehead atoms. The van der Waals surface area contributed by atoms with Crippen LogP contribution < -0.4 is 5.32 Å². The molecule has 3 nitrogen and oxygen atoms in total. The van der Waals surface area contributed by atoms with Crippen LogP contribution in [0.2, 0.25) is 0 Å². The van der Waals surface area contributed by atoms with Gasteiger partial charge in [-0.1, -0.05) is 31.2 Å². The van der Waals surface area contributed by atoms with Crippen LogP contribution in [-0.2, 0) is 9.84 Å². The summed E-state index contributed by atoms with van der Waals surface area (Å²) in [6.45, 7) is 2.15. The fraction of sp³-hybridized carbons (Fsp3) is 0.273. The van der Waals surface area contributed by atoms with Gasteiger partial charge >= 0.3 is 0 Å². The molecular formula is C11H15NO2S. The second-order valence-electron chi connectivity index (χ2n) is 3.07. The normalized spacial score (nSPS) is 11.8. The molecule has 0 aliphatic carbocycles. The summed E-state index contributed by atoms with van der Waals surface area (Å²) in [5.41, 5.74) is 0.982. The van der Waals surface area contributed by atoms with E-state index in [1.54, 1.807) is 13.0 Å². The SMILES string of the molecule is CCS(=O)(=O)C=CCNc1ccccc1. The van der Waals surface area contributed by atoms with Gasteiger partial charge < -0.3 is 5.32 Å². The van der Waals surface area contributed by atoms with Gasteiger partial charge in [0.1, 0.15) is 0 Å². The molecule has 0 aliphatic rings. The quantitative estimate of drug-likeness (QED) is 0.834. The van der Waals surface area contributed by atoms with Gasteiger partial charge in [0.2, 0.25) is 0 Å². The lowest BCUT2D eigenvalue weighted by molar-refractivity contribution is 0.605. The van der Waals surface area contributed by atoms with E-state index >= 15 is 0 Å². The molecule has 0 amide bonds.